The third kappa shape index (κ3) is 3.82. The number of anilines is 1. The Labute approximate surface area is 114 Å². The van der Waals surface area contributed by atoms with E-state index < -0.39 is 0 Å². The second kappa shape index (κ2) is 6.51. The molecule has 1 aromatic heterocycles. The fourth-order valence-corrected chi connectivity index (χ4v) is 2.66. The first-order valence-corrected chi connectivity index (χ1v) is 7.42. The van der Waals surface area contributed by atoms with Crippen LogP contribution in [0.25, 0.3) is 0 Å². The Hall–Kier alpha value is -1.40. The first-order valence-electron chi connectivity index (χ1n) is 5.55. The molecule has 0 fully saturated rings. The van der Waals surface area contributed by atoms with Crippen molar-refractivity contribution in [3.8, 4) is 0 Å². The number of aromatic nitrogens is 2. The predicted octanol–water partition coefficient (Wildman–Crippen LogP) is 2.83. The van der Waals surface area contributed by atoms with E-state index in [1.54, 1.807) is 5.51 Å². The number of carbonyl (C=O) groups excluding carboxylic acids is 1. The van der Waals surface area contributed by atoms with E-state index in [4.69, 9.17) is 0 Å². The lowest BCUT2D eigenvalue weighted by atomic mass is 10.1. The summed E-state index contributed by atoms with van der Waals surface area (Å²) in [6, 6.07) is 7.89. The van der Waals surface area contributed by atoms with Crippen LogP contribution in [-0.2, 0) is 11.2 Å². The molecule has 1 N–H and O–H groups in total. The van der Waals surface area contributed by atoms with Gasteiger partial charge in [0.2, 0.25) is 5.91 Å². The molecule has 1 heterocycles. The van der Waals surface area contributed by atoms with E-state index in [0.29, 0.717) is 5.75 Å². The highest BCUT2D eigenvalue weighted by atomic mass is 32.2. The molecule has 1 amide bonds. The molecule has 0 radical (unpaired) electrons. The third-order valence-corrected chi connectivity index (χ3v) is 4.17. The predicted molar refractivity (Wildman–Crippen MR) is 75.1 cm³/mol. The van der Waals surface area contributed by atoms with Crippen molar-refractivity contribution in [2.24, 2.45) is 0 Å². The zero-order chi connectivity index (χ0) is 12.8. The van der Waals surface area contributed by atoms with Gasteiger partial charge in [-0.2, -0.15) is 0 Å². The molecule has 0 spiro atoms. The van der Waals surface area contributed by atoms with E-state index in [0.717, 1.165) is 16.4 Å². The van der Waals surface area contributed by atoms with Crippen LogP contribution in [0.4, 0.5) is 5.69 Å². The molecule has 0 aliphatic carbocycles. The van der Waals surface area contributed by atoms with Crippen LogP contribution in [0.5, 0.6) is 0 Å². The van der Waals surface area contributed by atoms with Gasteiger partial charge in [0.25, 0.3) is 0 Å². The van der Waals surface area contributed by atoms with Gasteiger partial charge in [-0.1, -0.05) is 42.2 Å². The van der Waals surface area contributed by atoms with E-state index in [2.05, 4.69) is 22.4 Å². The molecule has 94 valence electrons. The van der Waals surface area contributed by atoms with Crippen LogP contribution >= 0.6 is 23.1 Å². The summed E-state index contributed by atoms with van der Waals surface area (Å²) in [6.45, 7) is 2.10. The number of rotatable bonds is 5. The average Bonchev–Trinajstić information content (AvgIpc) is 2.90. The van der Waals surface area contributed by atoms with Crippen molar-refractivity contribution in [1.29, 1.82) is 0 Å². The quantitative estimate of drug-likeness (QED) is 0.855. The monoisotopic (exact) mass is 279 g/mol. The van der Waals surface area contributed by atoms with Crippen LogP contribution in [0.2, 0.25) is 0 Å². The Bertz CT molecular complexity index is 497. The number of thioether (sulfide) groups is 1. The average molecular weight is 279 g/mol. The summed E-state index contributed by atoms with van der Waals surface area (Å²) in [7, 11) is 0. The third-order valence-electron chi connectivity index (χ3n) is 2.31. The maximum absolute atomic E-state index is 11.7. The molecular formula is C12H13N3OS2. The number of nitrogens with zero attached hydrogens (tertiary/aromatic N) is 2. The normalized spacial score (nSPS) is 10.3. The van der Waals surface area contributed by atoms with Crippen LogP contribution < -0.4 is 5.32 Å². The number of carbonyl (C=O) groups is 1. The smallest absolute Gasteiger partial charge is 0.234 e. The molecule has 18 heavy (non-hydrogen) atoms. The lowest BCUT2D eigenvalue weighted by Gasteiger charge is -2.04. The molecule has 0 unspecified atom stereocenters. The topological polar surface area (TPSA) is 54.9 Å². The minimum absolute atomic E-state index is 0.0283. The molecule has 0 aliphatic rings. The highest BCUT2D eigenvalue weighted by Crippen LogP contribution is 2.19. The Morgan fingerprint density at radius 2 is 2.17 bits per heavy atom. The van der Waals surface area contributed by atoms with Crippen molar-refractivity contribution in [1.82, 2.24) is 10.2 Å². The summed E-state index contributed by atoms with van der Waals surface area (Å²) in [5.74, 6) is 0.324. The van der Waals surface area contributed by atoms with E-state index in [1.165, 1.54) is 28.7 Å². The summed E-state index contributed by atoms with van der Waals surface area (Å²) < 4.78 is 0.812. The van der Waals surface area contributed by atoms with E-state index in [1.807, 2.05) is 24.3 Å². The van der Waals surface area contributed by atoms with Gasteiger partial charge in [-0.15, -0.1) is 10.2 Å². The van der Waals surface area contributed by atoms with Crippen LogP contribution in [0.1, 0.15) is 12.5 Å². The molecule has 0 bridgehead atoms. The van der Waals surface area contributed by atoms with Crippen molar-refractivity contribution in [2.45, 2.75) is 17.7 Å². The second-order valence-electron chi connectivity index (χ2n) is 3.59. The SMILES string of the molecule is CCc1ccc(NC(=O)CSc2nncs2)cc1. The summed E-state index contributed by atoms with van der Waals surface area (Å²) >= 11 is 2.83. The number of amides is 1. The Balaban J connectivity index is 1.83. The van der Waals surface area contributed by atoms with E-state index >= 15 is 0 Å². The van der Waals surface area contributed by atoms with Crippen molar-refractivity contribution >= 4 is 34.7 Å². The van der Waals surface area contributed by atoms with Gasteiger partial charge in [0.1, 0.15) is 5.51 Å². The first-order chi connectivity index (χ1) is 8.78. The molecule has 0 atom stereocenters. The minimum Gasteiger partial charge on any atom is -0.325 e. The fourth-order valence-electron chi connectivity index (χ4n) is 1.37. The van der Waals surface area contributed by atoms with Crippen molar-refractivity contribution < 1.29 is 4.79 Å². The van der Waals surface area contributed by atoms with Crippen LogP contribution in [0, 0.1) is 0 Å². The van der Waals surface area contributed by atoms with Gasteiger partial charge < -0.3 is 5.32 Å². The molecule has 2 rings (SSSR count). The highest BCUT2D eigenvalue weighted by molar-refractivity contribution is 8.01. The molecule has 6 heteroatoms. The Morgan fingerprint density at radius 3 is 2.78 bits per heavy atom. The summed E-state index contributed by atoms with van der Waals surface area (Å²) in [5.41, 5.74) is 3.75. The number of aryl methyl sites for hydroxylation is 1. The summed E-state index contributed by atoms with van der Waals surface area (Å²) in [6.07, 6.45) is 1.00. The minimum atomic E-state index is -0.0283. The second-order valence-corrected chi connectivity index (χ2v) is 5.65. The summed E-state index contributed by atoms with van der Waals surface area (Å²) in [5, 5.41) is 10.4. The van der Waals surface area contributed by atoms with Crippen molar-refractivity contribution in [2.75, 3.05) is 11.1 Å². The zero-order valence-corrected chi connectivity index (χ0v) is 11.6. The number of nitrogens with one attached hydrogen (secondary N) is 1. The fraction of sp³-hybridized carbons (Fsp3) is 0.250. The number of hydrogen-bond donors (Lipinski definition) is 1. The van der Waals surface area contributed by atoms with Gasteiger partial charge in [-0.3, -0.25) is 4.79 Å². The zero-order valence-electron chi connectivity index (χ0n) is 9.92. The van der Waals surface area contributed by atoms with Crippen molar-refractivity contribution in [3.63, 3.8) is 0 Å². The summed E-state index contributed by atoms with van der Waals surface area (Å²) in [4.78, 5) is 11.7. The first kappa shape index (κ1) is 13.0. The standard InChI is InChI=1S/C12H13N3OS2/c1-2-9-3-5-10(6-4-9)14-11(16)7-17-12-15-13-8-18-12/h3-6,8H,2,7H2,1H3,(H,14,16). The maximum atomic E-state index is 11.7. The highest BCUT2D eigenvalue weighted by Gasteiger charge is 2.05. The Morgan fingerprint density at radius 1 is 1.39 bits per heavy atom. The number of hydrogen-bond acceptors (Lipinski definition) is 5. The van der Waals surface area contributed by atoms with Gasteiger partial charge in [0.15, 0.2) is 4.34 Å². The van der Waals surface area contributed by atoms with Gasteiger partial charge in [-0.25, -0.2) is 0 Å². The molecule has 0 saturated carbocycles. The lowest BCUT2D eigenvalue weighted by molar-refractivity contribution is -0.113. The molecule has 1 aromatic carbocycles. The molecular weight excluding hydrogens is 266 g/mol. The van der Waals surface area contributed by atoms with E-state index in [-0.39, 0.29) is 5.91 Å². The van der Waals surface area contributed by atoms with Crippen LogP contribution in [-0.4, -0.2) is 21.9 Å². The van der Waals surface area contributed by atoms with Gasteiger partial charge in [-0.05, 0) is 24.1 Å². The molecule has 0 aliphatic heterocycles. The van der Waals surface area contributed by atoms with Crippen molar-refractivity contribution in [3.05, 3.63) is 35.3 Å². The van der Waals surface area contributed by atoms with Gasteiger partial charge in [0, 0.05) is 5.69 Å². The largest absolute Gasteiger partial charge is 0.325 e. The number of benzene rings is 1. The van der Waals surface area contributed by atoms with Crippen LogP contribution in [0.3, 0.4) is 0 Å². The molecule has 0 saturated heterocycles. The van der Waals surface area contributed by atoms with E-state index in [9.17, 15) is 4.79 Å². The lowest BCUT2D eigenvalue weighted by Crippen LogP contribution is -2.13. The Kier molecular flexibility index (Phi) is 4.72. The van der Waals surface area contributed by atoms with Gasteiger partial charge >= 0.3 is 0 Å². The van der Waals surface area contributed by atoms with Gasteiger partial charge in [0.05, 0.1) is 5.75 Å². The van der Waals surface area contributed by atoms with Crippen LogP contribution in [0.15, 0.2) is 34.1 Å². The molecule has 4 nitrogen and oxygen atoms in total. The maximum Gasteiger partial charge on any atom is 0.234 e. The molecule has 2 aromatic rings.